The smallest absolute Gasteiger partial charge is 0.0687 e. The third-order valence-corrected chi connectivity index (χ3v) is 4.60. The third-order valence-electron chi connectivity index (χ3n) is 4.60. The molecule has 2 N–H and O–H groups in total. The van der Waals surface area contributed by atoms with Crippen molar-refractivity contribution in [3.63, 3.8) is 0 Å². The molecule has 24 heavy (non-hydrogen) atoms. The van der Waals surface area contributed by atoms with Crippen molar-refractivity contribution in [2.75, 3.05) is 0 Å². The summed E-state index contributed by atoms with van der Waals surface area (Å²) in [6.07, 6.45) is 0. The van der Waals surface area contributed by atoms with E-state index < -0.39 is 0 Å². The van der Waals surface area contributed by atoms with Gasteiger partial charge in [0.25, 0.3) is 0 Å². The summed E-state index contributed by atoms with van der Waals surface area (Å²) >= 11 is 0. The lowest BCUT2D eigenvalue weighted by atomic mass is 9.94. The second-order valence-corrected chi connectivity index (χ2v) is 6.03. The first-order valence-electron chi connectivity index (χ1n) is 8.05. The van der Waals surface area contributed by atoms with E-state index in [1.807, 2.05) is 30.3 Å². The monoisotopic (exact) mass is 314 g/mol. The maximum Gasteiger partial charge on any atom is 0.0687 e. The van der Waals surface area contributed by atoms with E-state index in [2.05, 4.69) is 42.5 Å². The molecule has 0 spiro atoms. The summed E-state index contributed by atoms with van der Waals surface area (Å²) in [4.78, 5) is 0. The van der Waals surface area contributed by atoms with Gasteiger partial charge in [0.1, 0.15) is 0 Å². The summed E-state index contributed by atoms with van der Waals surface area (Å²) in [5.74, 6) is 0. The number of aliphatic hydroxyl groups is 2. The van der Waals surface area contributed by atoms with Gasteiger partial charge in [0.15, 0.2) is 0 Å². The lowest BCUT2D eigenvalue weighted by Crippen LogP contribution is -1.92. The number of hydrogen-bond donors (Lipinski definition) is 2. The van der Waals surface area contributed by atoms with Gasteiger partial charge in [-0.1, -0.05) is 54.6 Å². The Bertz CT molecular complexity index is 1020. The highest BCUT2D eigenvalue weighted by molar-refractivity contribution is 6.02. The summed E-state index contributed by atoms with van der Waals surface area (Å²) in [5.41, 5.74) is 4.13. The first kappa shape index (κ1) is 14.9. The van der Waals surface area contributed by atoms with Crippen molar-refractivity contribution in [3.05, 3.63) is 83.9 Å². The van der Waals surface area contributed by atoms with Gasteiger partial charge in [-0.2, -0.15) is 0 Å². The van der Waals surface area contributed by atoms with Gasteiger partial charge in [0, 0.05) is 0 Å². The Hall–Kier alpha value is -2.68. The molecule has 0 fully saturated rings. The molecule has 4 aromatic rings. The van der Waals surface area contributed by atoms with E-state index in [0.29, 0.717) is 0 Å². The third kappa shape index (κ3) is 2.46. The predicted molar refractivity (Wildman–Crippen MR) is 98.7 cm³/mol. The number of hydrogen-bond acceptors (Lipinski definition) is 2. The van der Waals surface area contributed by atoms with Gasteiger partial charge < -0.3 is 10.2 Å². The fourth-order valence-corrected chi connectivity index (χ4v) is 3.30. The van der Waals surface area contributed by atoms with Crippen molar-refractivity contribution < 1.29 is 10.2 Å². The number of aliphatic hydroxyl groups excluding tert-OH is 2. The Morgan fingerprint density at radius 2 is 1.17 bits per heavy atom. The van der Waals surface area contributed by atoms with E-state index in [9.17, 15) is 10.2 Å². The molecule has 4 aromatic carbocycles. The van der Waals surface area contributed by atoms with Gasteiger partial charge in [-0.05, 0) is 62.0 Å². The van der Waals surface area contributed by atoms with Crippen LogP contribution >= 0.6 is 0 Å². The summed E-state index contributed by atoms with van der Waals surface area (Å²) in [7, 11) is 0. The average Bonchev–Trinajstić information content (AvgIpc) is 2.65. The largest absolute Gasteiger partial charge is 0.392 e. The molecule has 0 heterocycles. The van der Waals surface area contributed by atoms with E-state index in [0.717, 1.165) is 32.7 Å². The predicted octanol–water partition coefficient (Wildman–Crippen LogP) is 4.64. The Morgan fingerprint density at radius 1 is 0.542 bits per heavy atom. The zero-order valence-electron chi connectivity index (χ0n) is 13.2. The number of rotatable bonds is 3. The lowest BCUT2D eigenvalue weighted by molar-refractivity contribution is 0.280. The number of benzene rings is 4. The van der Waals surface area contributed by atoms with Crippen LogP contribution in [-0.4, -0.2) is 10.2 Å². The topological polar surface area (TPSA) is 40.5 Å². The first-order chi connectivity index (χ1) is 11.8. The van der Waals surface area contributed by atoms with Crippen LogP contribution in [0.4, 0.5) is 0 Å². The van der Waals surface area contributed by atoms with Crippen molar-refractivity contribution in [1.82, 2.24) is 0 Å². The van der Waals surface area contributed by atoms with Crippen molar-refractivity contribution in [2.45, 2.75) is 13.2 Å². The van der Waals surface area contributed by atoms with Crippen molar-refractivity contribution >= 4 is 21.5 Å². The molecule has 0 aliphatic heterocycles. The molecule has 0 saturated carbocycles. The molecule has 2 heteroatoms. The SMILES string of the molecule is OCc1ccc(CO)c2cc3cc(-c4ccccc4)ccc3cc12. The highest BCUT2D eigenvalue weighted by atomic mass is 16.3. The zero-order chi connectivity index (χ0) is 16.5. The van der Waals surface area contributed by atoms with Crippen LogP contribution in [0.5, 0.6) is 0 Å². The van der Waals surface area contributed by atoms with Crippen molar-refractivity contribution in [3.8, 4) is 11.1 Å². The van der Waals surface area contributed by atoms with E-state index in [4.69, 9.17) is 0 Å². The normalized spacial score (nSPS) is 11.2. The first-order valence-corrected chi connectivity index (χ1v) is 8.05. The molecule has 0 radical (unpaired) electrons. The van der Waals surface area contributed by atoms with Crippen molar-refractivity contribution in [2.24, 2.45) is 0 Å². The molecule has 0 unspecified atom stereocenters. The summed E-state index contributed by atoms with van der Waals surface area (Å²) in [5, 5.41) is 23.5. The quantitative estimate of drug-likeness (QED) is 0.541. The summed E-state index contributed by atoms with van der Waals surface area (Å²) < 4.78 is 0. The molecule has 0 aliphatic carbocycles. The Morgan fingerprint density at radius 3 is 1.79 bits per heavy atom. The fraction of sp³-hybridized carbons (Fsp3) is 0.0909. The molecular formula is C22H18O2. The average molecular weight is 314 g/mol. The maximum absolute atomic E-state index is 9.64. The second kappa shape index (κ2) is 6.08. The lowest BCUT2D eigenvalue weighted by Gasteiger charge is -2.11. The molecule has 0 aromatic heterocycles. The molecule has 4 rings (SSSR count). The molecule has 118 valence electrons. The van der Waals surface area contributed by atoms with Gasteiger partial charge >= 0.3 is 0 Å². The molecular weight excluding hydrogens is 296 g/mol. The van der Waals surface area contributed by atoms with Crippen LogP contribution in [0, 0.1) is 0 Å². The van der Waals surface area contributed by atoms with E-state index in [-0.39, 0.29) is 13.2 Å². The number of fused-ring (bicyclic) bond motifs is 2. The van der Waals surface area contributed by atoms with Crippen LogP contribution in [-0.2, 0) is 13.2 Å². The van der Waals surface area contributed by atoms with Crippen LogP contribution in [0.3, 0.4) is 0 Å². The van der Waals surface area contributed by atoms with Crippen LogP contribution in [0.15, 0.2) is 72.8 Å². The van der Waals surface area contributed by atoms with Crippen molar-refractivity contribution in [1.29, 1.82) is 0 Å². The van der Waals surface area contributed by atoms with Crippen LogP contribution in [0.25, 0.3) is 32.7 Å². The van der Waals surface area contributed by atoms with Crippen LogP contribution in [0.1, 0.15) is 11.1 Å². The Kier molecular flexibility index (Phi) is 3.77. The minimum Gasteiger partial charge on any atom is -0.392 e. The molecule has 0 aliphatic rings. The van der Waals surface area contributed by atoms with E-state index in [1.54, 1.807) is 0 Å². The van der Waals surface area contributed by atoms with E-state index in [1.165, 1.54) is 11.1 Å². The van der Waals surface area contributed by atoms with Gasteiger partial charge in [0.2, 0.25) is 0 Å². The molecule has 0 atom stereocenters. The minimum absolute atomic E-state index is 0.00415. The van der Waals surface area contributed by atoms with Gasteiger partial charge in [0.05, 0.1) is 13.2 Å². The molecule has 2 nitrogen and oxygen atoms in total. The standard InChI is InChI=1S/C22H18O2/c23-13-18-8-9-19(14-24)22-12-20-10-16(15-4-2-1-3-5-15)6-7-17(20)11-21(18)22/h1-12,23-24H,13-14H2. The molecule has 0 bridgehead atoms. The highest BCUT2D eigenvalue weighted by Crippen LogP contribution is 2.31. The summed E-state index contributed by atoms with van der Waals surface area (Å²) in [6.45, 7) is -0.0120. The van der Waals surface area contributed by atoms with Gasteiger partial charge in [-0.15, -0.1) is 0 Å². The Balaban J connectivity index is 1.99. The van der Waals surface area contributed by atoms with Gasteiger partial charge in [-0.25, -0.2) is 0 Å². The maximum atomic E-state index is 9.64. The molecule has 0 saturated heterocycles. The highest BCUT2D eigenvalue weighted by Gasteiger charge is 2.08. The summed E-state index contributed by atoms with van der Waals surface area (Å²) in [6, 6.07) is 24.7. The molecule has 0 amide bonds. The van der Waals surface area contributed by atoms with Gasteiger partial charge in [-0.3, -0.25) is 0 Å². The van der Waals surface area contributed by atoms with Crippen LogP contribution in [0.2, 0.25) is 0 Å². The second-order valence-electron chi connectivity index (χ2n) is 6.03. The minimum atomic E-state index is -0.00785. The fourth-order valence-electron chi connectivity index (χ4n) is 3.30. The Labute approximate surface area is 140 Å². The zero-order valence-corrected chi connectivity index (χ0v) is 13.2. The van der Waals surface area contributed by atoms with E-state index >= 15 is 0 Å². The van der Waals surface area contributed by atoms with Crippen LogP contribution < -0.4 is 0 Å².